The maximum atomic E-state index is 13.3. The molecule has 10 heteroatoms. The molecule has 236 valence electrons. The van der Waals surface area contributed by atoms with Crippen LogP contribution in [0, 0.1) is 19.3 Å². The van der Waals surface area contributed by atoms with Crippen LogP contribution < -0.4 is 14.8 Å². The van der Waals surface area contributed by atoms with Crippen molar-refractivity contribution >= 4 is 21.9 Å². The van der Waals surface area contributed by atoms with E-state index in [4.69, 9.17) is 4.74 Å². The van der Waals surface area contributed by atoms with Crippen molar-refractivity contribution in [2.75, 3.05) is 11.3 Å². The summed E-state index contributed by atoms with van der Waals surface area (Å²) in [5.41, 5.74) is 5.93. The molecule has 0 spiro atoms. The highest BCUT2D eigenvalue weighted by molar-refractivity contribution is 7.92. The van der Waals surface area contributed by atoms with E-state index in [0.717, 1.165) is 42.0 Å². The third kappa shape index (κ3) is 8.06. The first-order valence-electron chi connectivity index (χ1n) is 15.0. The molecule has 1 atom stereocenters. The van der Waals surface area contributed by atoms with Crippen LogP contribution in [0.1, 0.15) is 59.8 Å². The summed E-state index contributed by atoms with van der Waals surface area (Å²) in [6, 6.07) is 21.6. The van der Waals surface area contributed by atoms with Crippen LogP contribution in [-0.4, -0.2) is 48.2 Å². The summed E-state index contributed by atoms with van der Waals surface area (Å²) in [6.45, 7) is 10.8. The zero-order valence-electron chi connectivity index (χ0n) is 26.3. The van der Waals surface area contributed by atoms with Crippen LogP contribution in [0.25, 0.3) is 11.3 Å². The van der Waals surface area contributed by atoms with E-state index >= 15 is 0 Å². The molecule has 45 heavy (non-hydrogen) atoms. The minimum Gasteiger partial charge on any atom is -0.478 e. The van der Waals surface area contributed by atoms with Gasteiger partial charge in [-0.25, -0.2) is 22.9 Å². The van der Waals surface area contributed by atoms with Gasteiger partial charge in [-0.05, 0) is 79.0 Å². The maximum Gasteiger partial charge on any atom is 0.335 e. The van der Waals surface area contributed by atoms with Gasteiger partial charge >= 0.3 is 5.97 Å². The Bertz CT molecular complexity index is 1770. The lowest BCUT2D eigenvalue weighted by atomic mass is 9.88. The highest BCUT2D eigenvalue weighted by Crippen LogP contribution is 2.30. The molecule has 0 amide bonds. The number of nitrogens with zero attached hydrogens (tertiary/aromatic N) is 2. The minimum atomic E-state index is -4.21. The SMILES string of the molecule is Cc1cccc(C)c1-c1cc(OC[C@@H](CC(C)(C)C)NC2Cc3ccccc3C2)nc(NS(=O)(=O)c2cccc(C(=O)O)c2)n1. The third-order valence-corrected chi connectivity index (χ3v) is 9.20. The molecule has 0 unspecified atom stereocenters. The van der Waals surface area contributed by atoms with Gasteiger partial charge < -0.3 is 15.2 Å². The number of aryl methyl sites for hydroxylation is 2. The van der Waals surface area contributed by atoms with Gasteiger partial charge in [0.15, 0.2) is 0 Å². The molecule has 0 saturated heterocycles. The molecular weight excluding hydrogens is 588 g/mol. The van der Waals surface area contributed by atoms with Crippen LogP contribution in [0.2, 0.25) is 0 Å². The number of benzene rings is 3. The van der Waals surface area contributed by atoms with Gasteiger partial charge in [0.1, 0.15) is 6.61 Å². The molecule has 5 rings (SSSR count). The van der Waals surface area contributed by atoms with E-state index in [9.17, 15) is 18.3 Å². The number of sulfonamides is 1. The van der Waals surface area contributed by atoms with E-state index in [-0.39, 0.29) is 39.8 Å². The van der Waals surface area contributed by atoms with Crippen molar-refractivity contribution < 1.29 is 23.1 Å². The average molecular weight is 629 g/mol. The molecule has 0 fully saturated rings. The van der Waals surface area contributed by atoms with Crippen LogP contribution in [0.5, 0.6) is 5.88 Å². The molecular formula is C35H40N4O5S. The number of carboxylic acid groups (broad SMARTS) is 1. The van der Waals surface area contributed by atoms with Gasteiger partial charge in [-0.1, -0.05) is 69.3 Å². The fourth-order valence-corrected chi connectivity index (χ4v) is 6.96. The predicted octanol–water partition coefficient (Wildman–Crippen LogP) is 6.20. The Morgan fingerprint density at radius 1 is 0.956 bits per heavy atom. The normalized spacial score (nSPS) is 14.2. The Hall–Kier alpha value is -4.28. The summed E-state index contributed by atoms with van der Waals surface area (Å²) in [7, 11) is -4.21. The molecule has 0 bridgehead atoms. The van der Waals surface area contributed by atoms with Crippen molar-refractivity contribution in [1.29, 1.82) is 0 Å². The molecule has 9 nitrogen and oxygen atoms in total. The molecule has 0 saturated carbocycles. The second-order valence-corrected chi connectivity index (χ2v) is 14.6. The van der Waals surface area contributed by atoms with E-state index in [1.54, 1.807) is 6.07 Å². The second-order valence-electron chi connectivity index (χ2n) is 12.9. The summed E-state index contributed by atoms with van der Waals surface area (Å²) < 4.78 is 35.5. The number of aromatic carboxylic acids is 1. The van der Waals surface area contributed by atoms with Crippen molar-refractivity contribution in [2.45, 2.75) is 70.9 Å². The van der Waals surface area contributed by atoms with Gasteiger partial charge in [-0.15, -0.1) is 0 Å². The smallest absolute Gasteiger partial charge is 0.335 e. The summed E-state index contributed by atoms with van der Waals surface area (Å²) in [4.78, 5) is 20.3. The largest absolute Gasteiger partial charge is 0.478 e. The summed E-state index contributed by atoms with van der Waals surface area (Å²) in [6.07, 6.45) is 2.76. The molecule has 3 N–H and O–H groups in total. The lowest BCUT2D eigenvalue weighted by Gasteiger charge is -2.29. The fraction of sp³-hybridized carbons (Fsp3) is 0.343. The zero-order valence-corrected chi connectivity index (χ0v) is 27.1. The topological polar surface area (TPSA) is 131 Å². The van der Waals surface area contributed by atoms with Gasteiger partial charge in [0.25, 0.3) is 10.0 Å². The minimum absolute atomic E-state index is 0.0156. The number of rotatable bonds is 11. The molecule has 1 aromatic heterocycles. The Balaban J connectivity index is 1.44. The zero-order chi connectivity index (χ0) is 32.4. The van der Waals surface area contributed by atoms with Crippen LogP contribution in [0.4, 0.5) is 5.95 Å². The summed E-state index contributed by atoms with van der Waals surface area (Å²) in [5, 5.41) is 13.2. The Morgan fingerprint density at radius 3 is 2.22 bits per heavy atom. The van der Waals surface area contributed by atoms with Gasteiger partial charge in [0, 0.05) is 23.7 Å². The predicted molar refractivity (Wildman–Crippen MR) is 175 cm³/mol. The molecule has 1 heterocycles. The highest BCUT2D eigenvalue weighted by atomic mass is 32.2. The van der Waals surface area contributed by atoms with Crippen molar-refractivity contribution in [2.24, 2.45) is 5.41 Å². The number of anilines is 1. The number of nitrogens with one attached hydrogen (secondary N) is 2. The second kappa shape index (κ2) is 13.0. The molecule has 4 aromatic rings. The van der Waals surface area contributed by atoms with Gasteiger partial charge in [-0.2, -0.15) is 4.98 Å². The quantitative estimate of drug-likeness (QED) is 0.179. The Morgan fingerprint density at radius 2 is 1.60 bits per heavy atom. The van der Waals surface area contributed by atoms with Crippen LogP contribution >= 0.6 is 0 Å². The van der Waals surface area contributed by atoms with E-state index in [2.05, 4.69) is 65.0 Å². The standard InChI is InChI=1S/C35H40N4O5S/c1-22-10-8-11-23(2)32(22)30-19-31(38-34(37-30)39-45(42,43)29-15-9-14-26(18-29)33(40)41)44-21-28(20-35(3,4)5)36-27-16-24-12-6-7-13-25(24)17-27/h6-15,18-19,27-28,36H,16-17,20-21H2,1-5H3,(H,40,41)(H,37,38,39)/t28-/m1/s1. The Labute approximate surface area is 265 Å². The molecule has 3 aromatic carbocycles. The molecule has 1 aliphatic rings. The number of fused-ring (bicyclic) bond motifs is 1. The van der Waals surface area contributed by atoms with Crippen LogP contribution in [0.3, 0.4) is 0 Å². The molecule has 0 aliphatic heterocycles. The van der Waals surface area contributed by atoms with E-state index in [0.29, 0.717) is 12.3 Å². The van der Waals surface area contributed by atoms with Crippen molar-refractivity contribution in [1.82, 2.24) is 15.3 Å². The number of hydrogen-bond donors (Lipinski definition) is 3. The lowest BCUT2D eigenvalue weighted by molar-refractivity contribution is 0.0696. The first-order chi connectivity index (χ1) is 21.3. The maximum absolute atomic E-state index is 13.3. The third-order valence-electron chi connectivity index (χ3n) is 7.87. The van der Waals surface area contributed by atoms with E-state index < -0.39 is 16.0 Å². The van der Waals surface area contributed by atoms with Gasteiger partial charge in [0.05, 0.1) is 16.2 Å². The van der Waals surface area contributed by atoms with Gasteiger partial charge in [-0.3, -0.25) is 0 Å². The van der Waals surface area contributed by atoms with E-state index in [1.165, 1.54) is 29.3 Å². The molecule has 0 radical (unpaired) electrons. The lowest BCUT2D eigenvalue weighted by Crippen LogP contribution is -2.44. The number of carboxylic acids is 1. The fourth-order valence-electron chi connectivity index (χ4n) is 5.97. The number of hydrogen-bond acceptors (Lipinski definition) is 7. The summed E-state index contributed by atoms with van der Waals surface area (Å²) >= 11 is 0. The Kier molecular flexibility index (Phi) is 9.27. The van der Waals surface area contributed by atoms with Crippen LogP contribution in [-0.2, 0) is 22.9 Å². The number of carbonyl (C=O) groups is 1. The first-order valence-corrected chi connectivity index (χ1v) is 16.5. The molecule has 1 aliphatic carbocycles. The number of aromatic nitrogens is 2. The number of ether oxygens (including phenoxy) is 1. The first kappa shape index (κ1) is 32.1. The monoisotopic (exact) mass is 628 g/mol. The van der Waals surface area contributed by atoms with Crippen LogP contribution in [0.15, 0.2) is 77.7 Å². The summed E-state index contributed by atoms with van der Waals surface area (Å²) in [5.74, 6) is -1.16. The highest BCUT2D eigenvalue weighted by Gasteiger charge is 2.27. The van der Waals surface area contributed by atoms with Crippen molar-refractivity contribution in [3.8, 4) is 17.1 Å². The average Bonchev–Trinajstić information content (AvgIpc) is 3.37. The van der Waals surface area contributed by atoms with E-state index in [1.807, 2.05) is 32.0 Å². The van der Waals surface area contributed by atoms with Crippen molar-refractivity contribution in [3.05, 3.63) is 101 Å². The van der Waals surface area contributed by atoms with Gasteiger partial charge in [0.2, 0.25) is 11.8 Å². The van der Waals surface area contributed by atoms with Crippen molar-refractivity contribution in [3.63, 3.8) is 0 Å².